The number of esters is 1. The van der Waals surface area contributed by atoms with Crippen molar-refractivity contribution in [2.24, 2.45) is 0 Å². The first-order valence-electron chi connectivity index (χ1n) is 10.4. The summed E-state index contributed by atoms with van der Waals surface area (Å²) in [4.78, 5) is 13.3. The van der Waals surface area contributed by atoms with E-state index in [4.69, 9.17) is 4.74 Å². The molecule has 4 rings (SSSR count). The van der Waals surface area contributed by atoms with Gasteiger partial charge in [0.15, 0.2) is 0 Å². The van der Waals surface area contributed by atoms with E-state index in [9.17, 15) is 4.79 Å². The van der Waals surface area contributed by atoms with Gasteiger partial charge in [-0.05, 0) is 69.1 Å². The molecule has 0 aliphatic heterocycles. The summed E-state index contributed by atoms with van der Waals surface area (Å²) < 4.78 is 5.88. The van der Waals surface area contributed by atoms with Gasteiger partial charge in [-0.1, -0.05) is 81.4 Å². The van der Waals surface area contributed by atoms with Crippen LogP contribution in [0, 0.1) is 13.8 Å². The second-order valence-electron chi connectivity index (χ2n) is 9.11. The molecule has 4 aromatic carbocycles. The van der Waals surface area contributed by atoms with Crippen LogP contribution in [0.3, 0.4) is 0 Å². The number of carbonyl (C=O) groups excluding carboxylic acids is 1. The third-order valence-corrected chi connectivity index (χ3v) is 5.89. The highest BCUT2D eigenvalue weighted by Gasteiger charge is 2.19. The van der Waals surface area contributed by atoms with E-state index in [0.717, 1.165) is 38.2 Å². The summed E-state index contributed by atoms with van der Waals surface area (Å²) >= 11 is 0. The van der Waals surface area contributed by atoms with Crippen LogP contribution >= 0.6 is 0 Å². The molecule has 0 aliphatic rings. The van der Waals surface area contributed by atoms with Gasteiger partial charge in [0.1, 0.15) is 6.61 Å². The lowest BCUT2D eigenvalue weighted by atomic mass is 9.84. The Labute approximate surface area is 178 Å². The molecule has 0 radical (unpaired) electrons. The molecule has 0 amide bonds. The number of carbonyl (C=O) groups is 1. The van der Waals surface area contributed by atoms with E-state index in [1.165, 1.54) is 5.56 Å². The van der Waals surface area contributed by atoms with Crippen LogP contribution in [0.15, 0.2) is 66.7 Å². The Balaban J connectivity index is 1.71. The fraction of sp³-hybridized carbons (Fsp3) is 0.250. The fourth-order valence-electron chi connectivity index (χ4n) is 4.10. The van der Waals surface area contributed by atoms with Crippen LogP contribution < -0.4 is 0 Å². The number of fused-ring (bicyclic) bond motifs is 2. The predicted octanol–water partition coefficient (Wildman–Crippen LogP) is 7.26. The molecular formula is C28H28O2. The van der Waals surface area contributed by atoms with E-state index in [1.807, 2.05) is 48.5 Å². The lowest BCUT2D eigenvalue weighted by molar-refractivity contribution is 0.0476. The number of hydrogen-bond donors (Lipinski definition) is 0. The molecule has 0 saturated carbocycles. The van der Waals surface area contributed by atoms with Gasteiger partial charge in [-0.3, -0.25) is 0 Å². The number of benzene rings is 4. The molecule has 0 aromatic heterocycles. The van der Waals surface area contributed by atoms with E-state index >= 15 is 0 Å². The Morgan fingerprint density at radius 3 is 1.80 bits per heavy atom. The molecule has 0 N–H and O–H groups in total. The Kier molecular flexibility index (Phi) is 5.11. The molecule has 2 nitrogen and oxygen atoms in total. The van der Waals surface area contributed by atoms with Gasteiger partial charge in [-0.15, -0.1) is 0 Å². The second-order valence-corrected chi connectivity index (χ2v) is 9.11. The first-order chi connectivity index (χ1) is 14.3. The van der Waals surface area contributed by atoms with Crippen molar-refractivity contribution in [3.05, 3.63) is 94.5 Å². The van der Waals surface area contributed by atoms with Crippen molar-refractivity contribution in [3.63, 3.8) is 0 Å². The third-order valence-electron chi connectivity index (χ3n) is 5.89. The van der Waals surface area contributed by atoms with Gasteiger partial charge in [0.05, 0.1) is 5.56 Å². The monoisotopic (exact) mass is 396 g/mol. The molecule has 30 heavy (non-hydrogen) atoms. The van der Waals surface area contributed by atoms with E-state index in [1.54, 1.807) is 0 Å². The maximum Gasteiger partial charge on any atom is 0.339 e. The summed E-state index contributed by atoms with van der Waals surface area (Å²) in [5, 5.41) is 3.95. The average Bonchev–Trinajstić information content (AvgIpc) is 2.70. The highest BCUT2D eigenvalue weighted by molar-refractivity contribution is 6.16. The van der Waals surface area contributed by atoms with Gasteiger partial charge in [0.2, 0.25) is 0 Å². The minimum atomic E-state index is -0.276. The van der Waals surface area contributed by atoms with Crippen LogP contribution in [0.4, 0.5) is 0 Å². The van der Waals surface area contributed by atoms with E-state index in [-0.39, 0.29) is 18.0 Å². The lowest BCUT2D eigenvalue weighted by Gasteiger charge is -2.22. The SMILES string of the molecule is Cc1cc(C(C)(C)C)cc(C)c1COC(=O)c1c2ccccc2cc2ccccc12. The molecule has 0 heterocycles. The summed E-state index contributed by atoms with van der Waals surface area (Å²) in [7, 11) is 0. The maximum absolute atomic E-state index is 13.3. The summed E-state index contributed by atoms with van der Waals surface area (Å²) in [6.45, 7) is 11.1. The normalized spacial score (nSPS) is 11.8. The third kappa shape index (κ3) is 3.70. The zero-order valence-electron chi connectivity index (χ0n) is 18.4. The van der Waals surface area contributed by atoms with Crippen LogP contribution in [0.1, 0.15) is 53.4 Å². The Morgan fingerprint density at radius 2 is 1.30 bits per heavy atom. The number of aryl methyl sites for hydroxylation is 2. The fourth-order valence-corrected chi connectivity index (χ4v) is 4.10. The van der Waals surface area contributed by atoms with Crippen LogP contribution in [0.2, 0.25) is 0 Å². The van der Waals surface area contributed by atoms with E-state index in [2.05, 4.69) is 52.8 Å². The molecule has 0 spiro atoms. The summed E-state index contributed by atoms with van der Waals surface area (Å²) in [6, 6.07) is 22.5. The number of ether oxygens (including phenoxy) is 1. The number of hydrogen-bond acceptors (Lipinski definition) is 2. The highest BCUT2D eigenvalue weighted by Crippen LogP contribution is 2.30. The predicted molar refractivity (Wildman–Crippen MR) is 125 cm³/mol. The van der Waals surface area contributed by atoms with Crippen molar-refractivity contribution in [3.8, 4) is 0 Å². The highest BCUT2D eigenvalue weighted by atomic mass is 16.5. The first kappa shape index (κ1) is 20.2. The van der Waals surface area contributed by atoms with Crippen LogP contribution in [-0.2, 0) is 16.8 Å². The topological polar surface area (TPSA) is 26.3 Å². The molecule has 0 atom stereocenters. The molecule has 2 heteroatoms. The molecule has 0 bridgehead atoms. The standard InChI is InChI=1S/C28H28O2/c1-18-14-22(28(3,4)5)15-19(2)25(18)17-30-27(29)26-23-12-8-6-10-20(23)16-21-11-7-9-13-24(21)26/h6-16H,17H2,1-5H3. The van der Waals surface area contributed by atoms with Crippen molar-refractivity contribution in [1.82, 2.24) is 0 Å². The largest absolute Gasteiger partial charge is 0.457 e. The van der Waals surface area contributed by atoms with Gasteiger partial charge < -0.3 is 4.74 Å². The molecule has 0 aliphatic carbocycles. The van der Waals surface area contributed by atoms with Crippen molar-refractivity contribution < 1.29 is 9.53 Å². The van der Waals surface area contributed by atoms with Crippen molar-refractivity contribution in [1.29, 1.82) is 0 Å². The van der Waals surface area contributed by atoms with Gasteiger partial charge >= 0.3 is 5.97 Å². The van der Waals surface area contributed by atoms with Crippen LogP contribution in [-0.4, -0.2) is 5.97 Å². The van der Waals surface area contributed by atoms with E-state index in [0.29, 0.717) is 5.56 Å². The first-order valence-corrected chi connectivity index (χ1v) is 10.4. The summed E-state index contributed by atoms with van der Waals surface area (Å²) in [5.41, 5.74) is 5.44. The maximum atomic E-state index is 13.3. The minimum absolute atomic E-state index is 0.0899. The van der Waals surface area contributed by atoms with Crippen LogP contribution in [0.25, 0.3) is 21.5 Å². The summed E-state index contributed by atoms with van der Waals surface area (Å²) in [5.74, 6) is -0.276. The molecule has 0 unspecified atom stereocenters. The van der Waals surface area contributed by atoms with Crippen molar-refractivity contribution >= 4 is 27.5 Å². The Hall–Kier alpha value is -3.13. The van der Waals surface area contributed by atoms with Gasteiger partial charge in [0, 0.05) is 0 Å². The Morgan fingerprint density at radius 1 is 0.800 bits per heavy atom. The molecule has 152 valence electrons. The average molecular weight is 397 g/mol. The second kappa shape index (κ2) is 7.60. The van der Waals surface area contributed by atoms with Gasteiger partial charge in [-0.25, -0.2) is 4.79 Å². The number of rotatable bonds is 3. The van der Waals surface area contributed by atoms with Crippen molar-refractivity contribution in [2.45, 2.75) is 46.6 Å². The molecule has 4 aromatic rings. The van der Waals surface area contributed by atoms with Gasteiger partial charge in [0.25, 0.3) is 0 Å². The summed E-state index contributed by atoms with van der Waals surface area (Å²) in [6.07, 6.45) is 0. The molecule has 0 fully saturated rings. The lowest BCUT2D eigenvalue weighted by Crippen LogP contribution is -2.13. The quantitative estimate of drug-likeness (QED) is 0.269. The molecular weight excluding hydrogens is 368 g/mol. The van der Waals surface area contributed by atoms with Crippen molar-refractivity contribution in [2.75, 3.05) is 0 Å². The zero-order valence-corrected chi connectivity index (χ0v) is 18.4. The molecule has 0 saturated heterocycles. The van der Waals surface area contributed by atoms with E-state index < -0.39 is 0 Å². The van der Waals surface area contributed by atoms with Gasteiger partial charge in [-0.2, -0.15) is 0 Å². The smallest absolute Gasteiger partial charge is 0.339 e. The zero-order chi connectivity index (χ0) is 21.5. The minimum Gasteiger partial charge on any atom is -0.457 e. The van der Waals surface area contributed by atoms with Crippen LogP contribution in [0.5, 0.6) is 0 Å². The Bertz CT molecular complexity index is 1180.